The molecule has 0 heterocycles. The summed E-state index contributed by atoms with van der Waals surface area (Å²) in [6, 6.07) is 5.90. The molecule has 1 aromatic rings. The largest absolute Gasteiger partial charge is 0.508 e. The van der Waals surface area contributed by atoms with Gasteiger partial charge in [0.1, 0.15) is 11.5 Å². The molecule has 0 saturated carbocycles. The Balaban J connectivity index is 2.44. The minimum atomic E-state index is -0.665. The van der Waals surface area contributed by atoms with Gasteiger partial charge >= 0.3 is 6.09 Å². The Labute approximate surface area is 87.3 Å². The Kier molecular flexibility index (Phi) is 3.93. The first kappa shape index (κ1) is 11.3. The number of hydrogen-bond acceptors (Lipinski definition) is 4. The van der Waals surface area contributed by atoms with Crippen LogP contribution in [0.1, 0.15) is 6.92 Å². The van der Waals surface area contributed by atoms with Crippen LogP contribution in [0, 0.1) is 0 Å². The van der Waals surface area contributed by atoms with Crippen molar-refractivity contribution in [3.63, 3.8) is 0 Å². The van der Waals surface area contributed by atoms with E-state index in [4.69, 9.17) is 14.9 Å². The molecule has 0 saturated heterocycles. The lowest BCUT2D eigenvalue weighted by Crippen LogP contribution is -2.32. The highest BCUT2D eigenvalue weighted by Crippen LogP contribution is 2.17. The van der Waals surface area contributed by atoms with E-state index in [2.05, 4.69) is 5.32 Å². The van der Waals surface area contributed by atoms with Gasteiger partial charge in [0.15, 0.2) is 0 Å². The van der Waals surface area contributed by atoms with Crippen molar-refractivity contribution in [3.05, 3.63) is 24.3 Å². The Morgan fingerprint density at radius 2 is 2.33 bits per heavy atom. The lowest BCUT2D eigenvalue weighted by atomic mass is 10.3. The van der Waals surface area contributed by atoms with Gasteiger partial charge in [-0.25, -0.2) is 4.79 Å². The molecule has 1 unspecified atom stereocenters. The number of aliphatic hydroxyl groups excluding tert-OH is 1. The number of hydrogen-bond donors (Lipinski definition) is 3. The van der Waals surface area contributed by atoms with Crippen LogP contribution in [-0.4, -0.2) is 29.0 Å². The molecular weight excluding hydrogens is 198 g/mol. The number of ether oxygens (including phenoxy) is 1. The maximum Gasteiger partial charge on any atom is 0.412 e. The van der Waals surface area contributed by atoms with Crippen LogP contribution in [0.5, 0.6) is 11.5 Å². The molecule has 0 bridgehead atoms. The van der Waals surface area contributed by atoms with Gasteiger partial charge in [0.25, 0.3) is 0 Å². The van der Waals surface area contributed by atoms with Gasteiger partial charge in [0, 0.05) is 12.6 Å². The summed E-state index contributed by atoms with van der Waals surface area (Å²) in [5.41, 5.74) is 0. The van der Waals surface area contributed by atoms with Crippen LogP contribution in [0.4, 0.5) is 4.79 Å². The van der Waals surface area contributed by atoms with Gasteiger partial charge in [-0.15, -0.1) is 0 Å². The second-order valence-electron chi connectivity index (χ2n) is 3.12. The van der Waals surface area contributed by atoms with Gasteiger partial charge < -0.3 is 20.3 Å². The highest BCUT2D eigenvalue weighted by molar-refractivity contribution is 5.70. The molecule has 5 nitrogen and oxygen atoms in total. The maximum absolute atomic E-state index is 11.1. The SMILES string of the molecule is CC(O)CNC(=O)Oc1cccc(O)c1. The van der Waals surface area contributed by atoms with E-state index in [0.717, 1.165) is 0 Å². The monoisotopic (exact) mass is 211 g/mol. The molecule has 15 heavy (non-hydrogen) atoms. The van der Waals surface area contributed by atoms with Gasteiger partial charge in [-0.3, -0.25) is 0 Å². The van der Waals surface area contributed by atoms with Crippen LogP contribution in [-0.2, 0) is 0 Å². The summed E-state index contributed by atoms with van der Waals surface area (Å²) >= 11 is 0. The van der Waals surface area contributed by atoms with Gasteiger partial charge in [0.2, 0.25) is 0 Å². The summed E-state index contributed by atoms with van der Waals surface area (Å²) in [5.74, 6) is 0.272. The minimum absolute atomic E-state index is 0.0239. The van der Waals surface area contributed by atoms with E-state index < -0.39 is 12.2 Å². The topological polar surface area (TPSA) is 78.8 Å². The predicted octanol–water partition coefficient (Wildman–Crippen LogP) is 0.861. The van der Waals surface area contributed by atoms with Crippen LogP contribution < -0.4 is 10.1 Å². The molecule has 0 aliphatic carbocycles. The fourth-order valence-electron chi connectivity index (χ4n) is 0.921. The van der Waals surface area contributed by atoms with Crippen molar-refractivity contribution in [2.75, 3.05) is 6.54 Å². The molecule has 0 aliphatic rings. The average molecular weight is 211 g/mol. The van der Waals surface area contributed by atoms with Crippen molar-refractivity contribution in [2.45, 2.75) is 13.0 Å². The smallest absolute Gasteiger partial charge is 0.412 e. The molecule has 1 atom stereocenters. The zero-order valence-electron chi connectivity index (χ0n) is 8.30. The van der Waals surface area contributed by atoms with Gasteiger partial charge in [-0.2, -0.15) is 0 Å². The van der Waals surface area contributed by atoms with Crippen LogP contribution in [0.2, 0.25) is 0 Å². The van der Waals surface area contributed by atoms with E-state index in [0.29, 0.717) is 0 Å². The van der Waals surface area contributed by atoms with Crippen LogP contribution in [0.15, 0.2) is 24.3 Å². The second-order valence-corrected chi connectivity index (χ2v) is 3.12. The second kappa shape index (κ2) is 5.21. The number of phenols is 1. The molecule has 0 radical (unpaired) electrons. The molecular formula is C10H13NO4. The molecule has 0 spiro atoms. The number of carbonyl (C=O) groups is 1. The first-order valence-electron chi connectivity index (χ1n) is 4.50. The zero-order valence-corrected chi connectivity index (χ0v) is 8.30. The van der Waals surface area contributed by atoms with Gasteiger partial charge in [0.05, 0.1) is 6.10 Å². The van der Waals surface area contributed by atoms with E-state index in [1.165, 1.54) is 12.1 Å². The molecule has 0 aliphatic heterocycles. The lowest BCUT2D eigenvalue weighted by molar-refractivity contribution is 0.172. The summed E-state index contributed by atoms with van der Waals surface area (Å²) in [6.07, 6.45) is -1.29. The summed E-state index contributed by atoms with van der Waals surface area (Å²) in [7, 11) is 0. The third-order valence-electron chi connectivity index (χ3n) is 1.57. The Hall–Kier alpha value is -1.75. The highest BCUT2D eigenvalue weighted by atomic mass is 16.6. The normalized spacial score (nSPS) is 11.9. The van der Waals surface area contributed by atoms with Crippen LogP contribution in [0.25, 0.3) is 0 Å². The van der Waals surface area contributed by atoms with Crippen LogP contribution in [0.3, 0.4) is 0 Å². The van der Waals surface area contributed by atoms with E-state index >= 15 is 0 Å². The maximum atomic E-state index is 11.1. The standard InChI is InChI=1S/C10H13NO4/c1-7(12)6-11-10(14)15-9-4-2-3-8(13)5-9/h2-5,7,12-13H,6H2,1H3,(H,11,14). The molecule has 1 amide bonds. The Morgan fingerprint density at radius 1 is 1.60 bits per heavy atom. The first-order chi connectivity index (χ1) is 7.08. The highest BCUT2D eigenvalue weighted by Gasteiger charge is 2.05. The third kappa shape index (κ3) is 4.33. The Bertz CT molecular complexity index is 338. The predicted molar refractivity (Wildman–Crippen MR) is 53.8 cm³/mol. The molecule has 1 aromatic carbocycles. The quantitative estimate of drug-likeness (QED) is 0.692. The van der Waals surface area contributed by atoms with E-state index in [1.54, 1.807) is 19.1 Å². The lowest BCUT2D eigenvalue weighted by Gasteiger charge is -2.07. The van der Waals surface area contributed by atoms with Crippen molar-refractivity contribution in [2.24, 2.45) is 0 Å². The minimum Gasteiger partial charge on any atom is -0.508 e. The molecule has 3 N–H and O–H groups in total. The van der Waals surface area contributed by atoms with E-state index in [9.17, 15) is 4.79 Å². The fourth-order valence-corrected chi connectivity index (χ4v) is 0.921. The number of rotatable bonds is 3. The zero-order chi connectivity index (χ0) is 11.3. The first-order valence-corrected chi connectivity index (χ1v) is 4.50. The number of phenolic OH excluding ortho intramolecular Hbond substituents is 1. The van der Waals surface area contributed by atoms with Crippen molar-refractivity contribution in [1.29, 1.82) is 0 Å². The number of nitrogens with one attached hydrogen (secondary N) is 1. The summed E-state index contributed by atoms with van der Waals surface area (Å²) in [6.45, 7) is 1.67. The van der Waals surface area contributed by atoms with E-state index in [-0.39, 0.29) is 18.0 Å². The van der Waals surface area contributed by atoms with Crippen molar-refractivity contribution < 1.29 is 19.7 Å². The van der Waals surface area contributed by atoms with Gasteiger partial charge in [-0.05, 0) is 19.1 Å². The molecule has 1 rings (SSSR count). The molecule has 82 valence electrons. The molecule has 5 heteroatoms. The Morgan fingerprint density at radius 3 is 2.93 bits per heavy atom. The van der Waals surface area contributed by atoms with Gasteiger partial charge in [-0.1, -0.05) is 6.07 Å². The van der Waals surface area contributed by atoms with Crippen molar-refractivity contribution in [3.8, 4) is 11.5 Å². The molecule has 0 fully saturated rings. The summed E-state index contributed by atoms with van der Waals surface area (Å²) in [5, 5.41) is 20.4. The van der Waals surface area contributed by atoms with Crippen LogP contribution >= 0.6 is 0 Å². The fraction of sp³-hybridized carbons (Fsp3) is 0.300. The van der Waals surface area contributed by atoms with E-state index in [1.807, 2.05) is 0 Å². The number of aliphatic hydroxyl groups is 1. The molecule has 0 aromatic heterocycles. The third-order valence-corrected chi connectivity index (χ3v) is 1.57. The number of amides is 1. The summed E-state index contributed by atoms with van der Waals surface area (Å²) < 4.78 is 4.82. The van der Waals surface area contributed by atoms with Crippen molar-refractivity contribution >= 4 is 6.09 Å². The average Bonchev–Trinajstić information content (AvgIpc) is 2.15. The number of aromatic hydroxyl groups is 1. The summed E-state index contributed by atoms with van der Waals surface area (Å²) in [4.78, 5) is 11.1. The van der Waals surface area contributed by atoms with Crippen molar-refractivity contribution in [1.82, 2.24) is 5.32 Å². The number of benzene rings is 1. The number of carbonyl (C=O) groups excluding carboxylic acids is 1.